The second kappa shape index (κ2) is 4.73. The average Bonchev–Trinajstić information content (AvgIpc) is 2.73. The van der Waals surface area contributed by atoms with Gasteiger partial charge in [0, 0.05) is 6.20 Å². The summed E-state index contributed by atoms with van der Waals surface area (Å²) in [5, 5.41) is 0. The largest absolute Gasteiger partial charge is 1.00 e. The van der Waals surface area contributed by atoms with Gasteiger partial charge < -0.3 is 22.0 Å². The number of H-pyrrole nitrogens is 1. The molecule has 1 N–H and O–H groups in total. The SMILES string of the molecule is C[n+]1ccn2cc(-c3ccccn3)[nH]c(=O)c21.[Br-]. The summed E-state index contributed by atoms with van der Waals surface area (Å²) in [6.07, 6.45) is 7.25. The number of nitrogens with one attached hydrogen (secondary N) is 1. The zero-order valence-electron chi connectivity index (χ0n) is 9.67. The van der Waals surface area contributed by atoms with E-state index in [9.17, 15) is 4.79 Å². The van der Waals surface area contributed by atoms with Crippen molar-refractivity contribution in [1.29, 1.82) is 0 Å². The van der Waals surface area contributed by atoms with Crippen LogP contribution in [0.1, 0.15) is 0 Å². The molecule has 0 atom stereocenters. The van der Waals surface area contributed by atoms with Gasteiger partial charge in [-0.15, -0.1) is 0 Å². The Morgan fingerprint density at radius 2 is 2.22 bits per heavy atom. The van der Waals surface area contributed by atoms with Crippen molar-refractivity contribution >= 4 is 5.65 Å². The number of hydrogen-bond acceptors (Lipinski definition) is 2. The summed E-state index contributed by atoms with van der Waals surface area (Å²) in [6.45, 7) is 0. The minimum absolute atomic E-state index is 0. The van der Waals surface area contributed by atoms with Gasteiger partial charge >= 0.3 is 11.2 Å². The van der Waals surface area contributed by atoms with Gasteiger partial charge in [0.25, 0.3) is 0 Å². The number of aryl methyl sites for hydroxylation is 1. The van der Waals surface area contributed by atoms with E-state index in [-0.39, 0.29) is 22.5 Å². The van der Waals surface area contributed by atoms with Crippen molar-refractivity contribution < 1.29 is 21.5 Å². The number of nitrogens with zero attached hydrogens (tertiary/aromatic N) is 3. The van der Waals surface area contributed by atoms with E-state index < -0.39 is 0 Å². The van der Waals surface area contributed by atoms with Gasteiger partial charge in [-0.25, -0.2) is 4.57 Å². The van der Waals surface area contributed by atoms with Gasteiger partial charge in [0.2, 0.25) is 0 Å². The second-order valence-corrected chi connectivity index (χ2v) is 3.85. The highest BCUT2D eigenvalue weighted by Crippen LogP contribution is 2.10. The van der Waals surface area contributed by atoms with Gasteiger partial charge in [0.05, 0.1) is 12.7 Å². The molecule has 0 fully saturated rings. The number of rotatable bonds is 1. The van der Waals surface area contributed by atoms with Crippen LogP contribution in [0.15, 0.2) is 47.8 Å². The van der Waals surface area contributed by atoms with Crippen LogP contribution >= 0.6 is 0 Å². The van der Waals surface area contributed by atoms with Gasteiger partial charge in [-0.2, -0.15) is 4.40 Å². The van der Waals surface area contributed by atoms with E-state index in [1.807, 2.05) is 43.8 Å². The molecule has 0 radical (unpaired) electrons. The molecule has 0 amide bonds. The van der Waals surface area contributed by atoms with Gasteiger partial charge in [-0.3, -0.25) is 9.78 Å². The van der Waals surface area contributed by atoms with Crippen molar-refractivity contribution in [2.24, 2.45) is 7.05 Å². The van der Waals surface area contributed by atoms with Crippen LogP contribution in [0, 0.1) is 0 Å². The Morgan fingerprint density at radius 3 is 2.94 bits per heavy atom. The first-order chi connectivity index (χ1) is 8.25. The van der Waals surface area contributed by atoms with Crippen LogP contribution in [0.25, 0.3) is 17.0 Å². The average molecular weight is 307 g/mol. The number of pyridine rings is 1. The van der Waals surface area contributed by atoms with Crippen molar-refractivity contribution in [2.75, 3.05) is 0 Å². The molecule has 92 valence electrons. The Balaban J connectivity index is 0.00000120. The molecule has 3 aromatic heterocycles. The maximum atomic E-state index is 11.9. The predicted molar refractivity (Wildman–Crippen MR) is 62.4 cm³/mol. The van der Waals surface area contributed by atoms with E-state index in [0.29, 0.717) is 11.3 Å². The second-order valence-electron chi connectivity index (χ2n) is 3.85. The number of hydrogen-bond donors (Lipinski definition) is 1. The number of aromatic amines is 1. The standard InChI is InChI=1S/C12H10N4O.BrH/c1-15-6-7-16-8-10(14-11(17)12(15)16)9-4-2-3-5-13-9;/h2-8H,1H3;1H. The zero-order chi connectivity index (χ0) is 11.8. The summed E-state index contributed by atoms with van der Waals surface area (Å²) in [5.74, 6) is 0. The van der Waals surface area contributed by atoms with Crippen LogP contribution in [0.4, 0.5) is 0 Å². The van der Waals surface area contributed by atoms with Crippen LogP contribution in [-0.2, 0) is 7.05 Å². The van der Waals surface area contributed by atoms with Gasteiger partial charge in [-0.05, 0) is 12.1 Å². The fourth-order valence-corrected chi connectivity index (χ4v) is 1.88. The highest BCUT2D eigenvalue weighted by atomic mass is 79.9. The summed E-state index contributed by atoms with van der Waals surface area (Å²) < 4.78 is 3.57. The highest BCUT2D eigenvalue weighted by Gasteiger charge is 2.13. The third-order valence-corrected chi connectivity index (χ3v) is 2.69. The first-order valence-electron chi connectivity index (χ1n) is 5.27. The first-order valence-corrected chi connectivity index (χ1v) is 5.27. The molecular formula is C12H11BrN4O. The topological polar surface area (TPSA) is 54.0 Å². The molecule has 6 heteroatoms. The number of imidazole rings is 1. The van der Waals surface area contributed by atoms with Crippen molar-refractivity contribution in [2.45, 2.75) is 0 Å². The van der Waals surface area contributed by atoms with Crippen LogP contribution in [0.5, 0.6) is 0 Å². The highest BCUT2D eigenvalue weighted by molar-refractivity contribution is 5.53. The molecule has 0 saturated carbocycles. The van der Waals surface area contributed by atoms with Gasteiger partial charge in [0.15, 0.2) is 0 Å². The molecule has 0 aliphatic carbocycles. The third kappa shape index (κ3) is 1.95. The molecule has 0 bridgehead atoms. The number of aromatic nitrogens is 4. The van der Waals surface area contributed by atoms with Crippen molar-refractivity contribution in [3.63, 3.8) is 0 Å². The minimum Gasteiger partial charge on any atom is -1.00 e. The Morgan fingerprint density at radius 1 is 1.39 bits per heavy atom. The Bertz CT molecular complexity index is 733. The summed E-state index contributed by atoms with van der Waals surface area (Å²) >= 11 is 0. The number of halogens is 1. The van der Waals surface area contributed by atoms with Crippen LogP contribution in [0.3, 0.4) is 0 Å². The van der Waals surface area contributed by atoms with Crippen LogP contribution in [0.2, 0.25) is 0 Å². The fraction of sp³-hybridized carbons (Fsp3) is 0.0833. The lowest BCUT2D eigenvalue weighted by atomic mass is 10.3. The van der Waals surface area contributed by atoms with E-state index >= 15 is 0 Å². The Labute approximate surface area is 114 Å². The minimum atomic E-state index is -0.124. The van der Waals surface area contributed by atoms with Crippen molar-refractivity contribution in [1.82, 2.24) is 14.4 Å². The maximum Gasteiger partial charge on any atom is 0.352 e. The molecule has 0 saturated heterocycles. The maximum absolute atomic E-state index is 11.9. The van der Waals surface area contributed by atoms with E-state index in [2.05, 4.69) is 9.97 Å². The lowest BCUT2D eigenvalue weighted by Gasteiger charge is -1.98. The molecule has 0 aliphatic rings. The molecule has 5 nitrogen and oxygen atoms in total. The quantitative estimate of drug-likeness (QED) is 0.506. The van der Waals surface area contributed by atoms with Crippen LogP contribution < -0.4 is 27.1 Å². The van der Waals surface area contributed by atoms with Gasteiger partial charge in [-0.1, -0.05) is 6.07 Å². The molecule has 3 aromatic rings. The smallest absolute Gasteiger partial charge is 0.352 e. The fourth-order valence-electron chi connectivity index (χ4n) is 1.88. The van der Waals surface area contributed by atoms with Crippen molar-refractivity contribution in [3.05, 3.63) is 53.3 Å². The Kier molecular flexibility index (Phi) is 3.29. The summed E-state index contributed by atoms with van der Waals surface area (Å²) in [4.78, 5) is 19.0. The monoisotopic (exact) mass is 306 g/mol. The molecule has 0 aliphatic heterocycles. The van der Waals surface area contributed by atoms with Gasteiger partial charge in [0.1, 0.15) is 24.3 Å². The molecule has 0 unspecified atom stereocenters. The van der Waals surface area contributed by atoms with Crippen molar-refractivity contribution in [3.8, 4) is 11.4 Å². The van der Waals surface area contributed by atoms with E-state index in [1.165, 1.54) is 0 Å². The summed E-state index contributed by atoms with van der Waals surface area (Å²) in [7, 11) is 1.84. The lowest BCUT2D eigenvalue weighted by Crippen LogP contribution is -3.00. The first kappa shape index (κ1) is 12.5. The Hall–Kier alpha value is -1.95. The number of fused-ring (bicyclic) bond motifs is 1. The molecule has 3 heterocycles. The summed E-state index contributed by atoms with van der Waals surface area (Å²) in [6, 6.07) is 5.59. The summed E-state index contributed by atoms with van der Waals surface area (Å²) in [5.41, 5.74) is 1.94. The molecule has 18 heavy (non-hydrogen) atoms. The van der Waals surface area contributed by atoms with Crippen LogP contribution in [-0.4, -0.2) is 14.4 Å². The molecule has 0 spiro atoms. The third-order valence-electron chi connectivity index (χ3n) is 2.69. The molecule has 0 aromatic carbocycles. The van der Waals surface area contributed by atoms with E-state index in [1.54, 1.807) is 15.2 Å². The zero-order valence-corrected chi connectivity index (χ0v) is 11.3. The van der Waals surface area contributed by atoms with E-state index in [0.717, 1.165) is 5.69 Å². The van der Waals surface area contributed by atoms with E-state index in [4.69, 9.17) is 0 Å². The molecular weight excluding hydrogens is 296 g/mol. The normalized spacial score (nSPS) is 10.3. The lowest BCUT2D eigenvalue weighted by molar-refractivity contribution is -0.645. The molecule has 3 rings (SSSR count). The predicted octanol–water partition coefficient (Wildman–Crippen LogP) is -2.48.